The SMILES string of the molecule is CN(C)C(=O)CC1(O)CCCN(c2ncnc3cccc(F)c23)C1. The van der Waals surface area contributed by atoms with Crippen LogP contribution in [0.1, 0.15) is 19.3 Å². The average molecular weight is 332 g/mol. The minimum atomic E-state index is -1.14. The first-order valence-corrected chi connectivity index (χ1v) is 7.96. The van der Waals surface area contributed by atoms with E-state index in [0.717, 1.165) is 0 Å². The summed E-state index contributed by atoms with van der Waals surface area (Å²) >= 11 is 0. The van der Waals surface area contributed by atoms with Crippen LogP contribution >= 0.6 is 0 Å². The lowest BCUT2D eigenvalue weighted by molar-refractivity contribution is -0.134. The second kappa shape index (κ2) is 6.32. The standard InChI is InChI=1S/C17H21FN4O2/c1-21(2)14(23)9-17(24)7-4-8-22(10-17)16-15-12(18)5-3-6-13(15)19-11-20-16/h3,5-6,11,24H,4,7-10H2,1-2H3. The van der Waals surface area contributed by atoms with Gasteiger partial charge < -0.3 is 14.9 Å². The first-order chi connectivity index (χ1) is 11.4. The van der Waals surface area contributed by atoms with Gasteiger partial charge in [0, 0.05) is 27.2 Å². The number of aromatic nitrogens is 2. The van der Waals surface area contributed by atoms with Gasteiger partial charge in [0.25, 0.3) is 0 Å². The van der Waals surface area contributed by atoms with E-state index in [0.29, 0.717) is 36.1 Å². The zero-order chi connectivity index (χ0) is 17.3. The van der Waals surface area contributed by atoms with Crippen molar-refractivity contribution < 1.29 is 14.3 Å². The van der Waals surface area contributed by atoms with Crippen molar-refractivity contribution in [2.75, 3.05) is 32.1 Å². The summed E-state index contributed by atoms with van der Waals surface area (Å²) in [5.41, 5.74) is -0.610. The van der Waals surface area contributed by atoms with Crippen LogP contribution in [0.15, 0.2) is 24.5 Å². The molecule has 1 aromatic carbocycles. The maximum atomic E-state index is 14.3. The number of carbonyl (C=O) groups is 1. The topological polar surface area (TPSA) is 69.6 Å². The average Bonchev–Trinajstić information content (AvgIpc) is 2.54. The number of β-amino-alcohol motifs (C(OH)–C–C–N with tert-alkyl or cyclic N) is 1. The Labute approximate surface area is 139 Å². The van der Waals surface area contributed by atoms with Gasteiger partial charge in [0.2, 0.25) is 5.91 Å². The highest BCUT2D eigenvalue weighted by Gasteiger charge is 2.37. The minimum absolute atomic E-state index is 0.0436. The summed E-state index contributed by atoms with van der Waals surface area (Å²) in [5.74, 6) is -0.0480. The molecule has 1 aromatic heterocycles. The van der Waals surface area contributed by atoms with Crippen molar-refractivity contribution in [3.8, 4) is 0 Å². The van der Waals surface area contributed by atoms with Gasteiger partial charge in [-0.2, -0.15) is 0 Å². The van der Waals surface area contributed by atoms with Crippen LogP contribution in [0.25, 0.3) is 10.9 Å². The van der Waals surface area contributed by atoms with Crippen molar-refractivity contribution in [2.45, 2.75) is 24.9 Å². The highest BCUT2D eigenvalue weighted by molar-refractivity contribution is 5.90. The number of benzene rings is 1. The lowest BCUT2D eigenvalue weighted by Gasteiger charge is -2.40. The van der Waals surface area contributed by atoms with Crippen LogP contribution < -0.4 is 4.90 Å². The zero-order valence-corrected chi connectivity index (χ0v) is 13.9. The molecule has 1 fully saturated rings. The quantitative estimate of drug-likeness (QED) is 0.924. The molecule has 1 atom stereocenters. The Bertz CT molecular complexity index is 762. The van der Waals surface area contributed by atoms with Crippen LogP contribution in [0.2, 0.25) is 0 Å². The number of nitrogens with zero attached hydrogens (tertiary/aromatic N) is 4. The van der Waals surface area contributed by atoms with E-state index < -0.39 is 5.60 Å². The molecule has 24 heavy (non-hydrogen) atoms. The number of piperidine rings is 1. The van der Waals surface area contributed by atoms with Gasteiger partial charge in [-0.15, -0.1) is 0 Å². The molecule has 0 spiro atoms. The number of anilines is 1. The Morgan fingerprint density at radius 2 is 2.21 bits per heavy atom. The number of aliphatic hydroxyl groups is 1. The van der Waals surface area contributed by atoms with Gasteiger partial charge >= 0.3 is 0 Å². The van der Waals surface area contributed by atoms with E-state index >= 15 is 0 Å². The van der Waals surface area contributed by atoms with Crippen molar-refractivity contribution >= 4 is 22.6 Å². The number of hydrogen-bond donors (Lipinski definition) is 1. The molecular weight excluding hydrogens is 311 g/mol. The second-order valence-corrected chi connectivity index (χ2v) is 6.55. The number of carbonyl (C=O) groups excluding carboxylic acids is 1. The summed E-state index contributed by atoms with van der Waals surface area (Å²) in [7, 11) is 3.33. The number of rotatable bonds is 3. The van der Waals surface area contributed by atoms with Crippen molar-refractivity contribution in [1.29, 1.82) is 0 Å². The van der Waals surface area contributed by atoms with Crippen LogP contribution in [0, 0.1) is 5.82 Å². The van der Waals surface area contributed by atoms with Crippen molar-refractivity contribution in [1.82, 2.24) is 14.9 Å². The summed E-state index contributed by atoms with van der Waals surface area (Å²) < 4.78 is 14.3. The molecule has 6 nitrogen and oxygen atoms in total. The molecule has 1 N–H and O–H groups in total. The number of halogens is 1. The lowest BCUT2D eigenvalue weighted by Crippen LogP contribution is -2.50. The van der Waals surface area contributed by atoms with Crippen molar-refractivity contribution in [3.05, 3.63) is 30.3 Å². The normalized spacial score (nSPS) is 21.1. The molecule has 1 aliphatic heterocycles. The molecule has 1 saturated heterocycles. The first-order valence-electron chi connectivity index (χ1n) is 7.96. The number of fused-ring (bicyclic) bond motifs is 1. The van der Waals surface area contributed by atoms with Crippen LogP contribution in [-0.2, 0) is 4.79 Å². The van der Waals surface area contributed by atoms with Gasteiger partial charge in [-0.3, -0.25) is 4.79 Å². The third-order valence-corrected chi connectivity index (χ3v) is 4.43. The van der Waals surface area contributed by atoms with Gasteiger partial charge in [0.15, 0.2) is 0 Å². The van der Waals surface area contributed by atoms with Gasteiger partial charge in [-0.1, -0.05) is 6.07 Å². The number of hydrogen-bond acceptors (Lipinski definition) is 5. The summed E-state index contributed by atoms with van der Waals surface area (Å²) in [4.78, 5) is 23.6. The van der Waals surface area contributed by atoms with E-state index in [4.69, 9.17) is 0 Å². The third kappa shape index (κ3) is 3.17. The van der Waals surface area contributed by atoms with Crippen LogP contribution in [-0.4, -0.2) is 58.7 Å². The van der Waals surface area contributed by atoms with E-state index in [1.165, 1.54) is 17.3 Å². The molecule has 2 aromatic rings. The molecule has 1 unspecified atom stereocenters. The number of amides is 1. The predicted octanol–water partition coefficient (Wildman–Crippen LogP) is 1.58. The molecule has 0 saturated carbocycles. The van der Waals surface area contributed by atoms with Gasteiger partial charge in [0.05, 0.1) is 22.9 Å². The van der Waals surface area contributed by atoms with Crippen LogP contribution in [0.3, 0.4) is 0 Å². The maximum absolute atomic E-state index is 14.3. The second-order valence-electron chi connectivity index (χ2n) is 6.55. The smallest absolute Gasteiger partial charge is 0.225 e. The molecule has 2 heterocycles. The Morgan fingerprint density at radius 1 is 1.42 bits per heavy atom. The van der Waals surface area contributed by atoms with Gasteiger partial charge in [-0.05, 0) is 25.0 Å². The third-order valence-electron chi connectivity index (χ3n) is 4.43. The Hall–Kier alpha value is -2.28. The Morgan fingerprint density at radius 3 is 2.96 bits per heavy atom. The molecular formula is C17H21FN4O2. The Kier molecular flexibility index (Phi) is 4.36. The minimum Gasteiger partial charge on any atom is -0.388 e. The molecule has 7 heteroatoms. The predicted molar refractivity (Wildman–Crippen MR) is 89.2 cm³/mol. The van der Waals surface area contributed by atoms with Gasteiger partial charge in [0.1, 0.15) is 18.0 Å². The van der Waals surface area contributed by atoms with E-state index in [-0.39, 0.29) is 24.7 Å². The van der Waals surface area contributed by atoms with E-state index in [9.17, 15) is 14.3 Å². The highest BCUT2D eigenvalue weighted by atomic mass is 19.1. The van der Waals surface area contributed by atoms with E-state index in [1.807, 2.05) is 4.90 Å². The first kappa shape index (κ1) is 16.6. The molecule has 1 aliphatic rings. The van der Waals surface area contributed by atoms with E-state index in [2.05, 4.69) is 9.97 Å². The molecule has 1 amide bonds. The van der Waals surface area contributed by atoms with Crippen LogP contribution in [0.5, 0.6) is 0 Å². The Balaban J connectivity index is 1.92. The maximum Gasteiger partial charge on any atom is 0.225 e. The summed E-state index contributed by atoms with van der Waals surface area (Å²) in [6.45, 7) is 0.895. The lowest BCUT2D eigenvalue weighted by atomic mass is 9.89. The summed E-state index contributed by atoms with van der Waals surface area (Å²) in [6.07, 6.45) is 2.68. The molecule has 128 valence electrons. The van der Waals surface area contributed by atoms with Gasteiger partial charge in [-0.25, -0.2) is 14.4 Å². The van der Waals surface area contributed by atoms with Crippen molar-refractivity contribution in [3.63, 3.8) is 0 Å². The fraction of sp³-hybridized carbons (Fsp3) is 0.471. The van der Waals surface area contributed by atoms with Crippen molar-refractivity contribution in [2.24, 2.45) is 0 Å². The van der Waals surface area contributed by atoms with Crippen LogP contribution in [0.4, 0.5) is 10.2 Å². The molecule has 0 bridgehead atoms. The largest absolute Gasteiger partial charge is 0.388 e. The highest BCUT2D eigenvalue weighted by Crippen LogP contribution is 2.32. The zero-order valence-electron chi connectivity index (χ0n) is 13.9. The fourth-order valence-electron chi connectivity index (χ4n) is 3.17. The molecule has 0 aliphatic carbocycles. The summed E-state index contributed by atoms with van der Waals surface area (Å²) in [6, 6.07) is 4.72. The molecule has 3 rings (SSSR count). The summed E-state index contributed by atoms with van der Waals surface area (Å²) in [5, 5.41) is 11.2. The monoisotopic (exact) mass is 332 g/mol. The fourth-order valence-corrected chi connectivity index (χ4v) is 3.17. The molecule has 0 radical (unpaired) electrons. The van der Waals surface area contributed by atoms with E-state index in [1.54, 1.807) is 26.2 Å².